The molecule has 0 aliphatic carbocycles. The largest absolute Gasteiger partial charge is 0.491 e. The van der Waals surface area contributed by atoms with Crippen LogP contribution in [-0.4, -0.2) is 22.7 Å². The highest BCUT2D eigenvalue weighted by Gasteiger charge is 2.06. The molecular weight excluding hydrogens is 276 g/mol. The van der Waals surface area contributed by atoms with Crippen molar-refractivity contribution < 1.29 is 9.53 Å². The number of nitrogens with one attached hydrogen (secondary N) is 1. The van der Waals surface area contributed by atoms with E-state index in [1.807, 2.05) is 19.1 Å². The van der Waals surface area contributed by atoms with Gasteiger partial charge in [0.05, 0.1) is 12.3 Å². The fourth-order valence-electron chi connectivity index (χ4n) is 1.56. The van der Waals surface area contributed by atoms with Crippen molar-refractivity contribution in [2.75, 3.05) is 17.7 Å². The van der Waals surface area contributed by atoms with Crippen molar-refractivity contribution in [2.24, 2.45) is 0 Å². The van der Waals surface area contributed by atoms with Crippen LogP contribution < -0.4 is 15.8 Å². The van der Waals surface area contributed by atoms with Gasteiger partial charge in [0.2, 0.25) is 11.0 Å². The third-order valence-corrected chi connectivity index (χ3v) is 3.25. The van der Waals surface area contributed by atoms with Gasteiger partial charge in [-0.2, -0.15) is 0 Å². The highest BCUT2D eigenvalue weighted by molar-refractivity contribution is 7.15. The summed E-state index contributed by atoms with van der Waals surface area (Å²) in [5.74, 6) is 0.554. The molecule has 6 nitrogen and oxygen atoms in total. The second kappa shape index (κ2) is 6.85. The SMILES string of the molecule is Cc1nnc(NC(=O)CCCOc2ccccc2N)s1. The molecule has 0 radical (unpaired) electrons. The van der Waals surface area contributed by atoms with E-state index in [0.717, 1.165) is 5.01 Å². The quantitative estimate of drug-likeness (QED) is 0.629. The highest BCUT2D eigenvalue weighted by Crippen LogP contribution is 2.20. The van der Waals surface area contributed by atoms with Crippen LogP contribution >= 0.6 is 11.3 Å². The van der Waals surface area contributed by atoms with Gasteiger partial charge in [0, 0.05) is 6.42 Å². The summed E-state index contributed by atoms with van der Waals surface area (Å²) in [6.07, 6.45) is 0.976. The summed E-state index contributed by atoms with van der Waals surface area (Å²) in [4.78, 5) is 11.6. The number of hydrogen-bond donors (Lipinski definition) is 2. The van der Waals surface area contributed by atoms with Crippen molar-refractivity contribution in [1.82, 2.24) is 10.2 Å². The van der Waals surface area contributed by atoms with Crippen LogP contribution in [0.15, 0.2) is 24.3 Å². The Morgan fingerprint density at radius 1 is 1.40 bits per heavy atom. The molecule has 20 heavy (non-hydrogen) atoms. The third-order valence-electron chi connectivity index (χ3n) is 2.50. The van der Waals surface area contributed by atoms with E-state index in [1.54, 1.807) is 12.1 Å². The lowest BCUT2D eigenvalue weighted by Gasteiger charge is -2.08. The molecule has 0 unspecified atom stereocenters. The predicted molar refractivity (Wildman–Crippen MR) is 78.9 cm³/mol. The van der Waals surface area contributed by atoms with E-state index in [4.69, 9.17) is 10.5 Å². The minimum atomic E-state index is -0.0919. The van der Waals surface area contributed by atoms with Gasteiger partial charge >= 0.3 is 0 Å². The number of aryl methyl sites for hydroxylation is 1. The van der Waals surface area contributed by atoms with Gasteiger partial charge in [0.15, 0.2) is 0 Å². The summed E-state index contributed by atoms with van der Waals surface area (Å²) in [6, 6.07) is 7.29. The number of amides is 1. The number of nitrogen functional groups attached to an aromatic ring is 1. The molecule has 1 heterocycles. The third kappa shape index (κ3) is 4.20. The van der Waals surface area contributed by atoms with Crippen molar-refractivity contribution in [3.8, 4) is 5.75 Å². The molecule has 7 heteroatoms. The van der Waals surface area contributed by atoms with Crippen LogP contribution in [0.5, 0.6) is 5.75 Å². The number of para-hydroxylation sites is 2. The zero-order valence-electron chi connectivity index (χ0n) is 11.1. The van der Waals surface area contributed by atoms with Crippen molar-refractivity contribution in [3.63, 3.8) is 0 Å². The maximum atomic E-state index is 11.6. The van der Waals surface area contributed by atoms with E-state index >= 15 is 0 Å². The Kier molecular flexibility index (Phi) is 4.89. The number of benzene rings is 1. The zero-order valence-corrected chi connectivity index (χ0v) is 11.9. The summed E-state index contributed by atoms with van der Waals surface area (Å²) in [7, 11) is 0. The molecule has 0 aliphatic heterocycles. The number of aromatic nitrogens is 2. The zero-order chi connectivity index (χ0) is 14.4. The standard InChI is InChI=1S/C13H16N4O2S/c1-9-16-17-13(20-9)15-12(18)7-4-8-19-11-6-3-2-5-10(11)14/h2-3,5-6H,4,7-8,14H2,1H3,(H,15,17,18). The normalized spacial score (nSPS) is 10.2. The summed E-state index contributed by atoms with van der Waals surface area (Å²) in [5, 5.41) is 11.7. The second-order valence-electron chi connectivity index (χ2n) is 4.16. The Morgan fingerprint density at radius 3 is 2.90 bits per heavy atom. The van der Waals surface area contributed by atoms with Gasteiger partial charge in [-0.05, 0) is 25.5 Å². The molecule has 2 aromatic rings. The van der Waals surface area contributed by atoms with E-state index in [0.29, 0.717) is 36.0 Å². The minimum absolute atomic E-state index is 0.0919. The first-order valence-corrected chi connectivity index (χ1v) is 7.04. The monoisotopic (exact) mass is 292 g/mol. The molecule has 0 bridgehead atoms. The number of rotatable bonds is 6. The van der Waals surface area contributed by atoms with Crippen molar-refractivity contribution in [2.45, 2.75) is 19.8 Å². The van der Waals surface area contributed by atoms with Crippen LogP contribution in [0.2, 0.25) is 0 Å². The van der Waals surface area contributed by atoms with Crippen LogP contribution in [0, 0.1) is 6.92 Å². The molecule has 1 amide bonds. The van der Waals surface area contributed by atoms with E-state index in [1.165, 1.54) is 11.3 Å². The van der Waals surface area contributed by atoms with Gasteiger partial charge in [-0.25, -0.2) is 0 Å². The molecule has 0 aliphatic rings. The van der Waals surface area contributed by atoms with Crippen LogP contribution in [-0.2, 0) is 4.79 Å². The van der Waals surface area contributed by atoms with Gasteiger partial charge in [0.1, 0.15) is 10.8 Å². The summed E-state index contributed by atoms with van der Waals surface area (Å²) in [5.41, 5.74) is 6.35. The average Bonchev–Trinajstić information content (AvgIpc) is 2.82. The van der Waals surface area contributed by atoms with Crippen molar-refractivity contribution in [1.29, 1.82) is 0 Å². The van der Waals surface area contributed by atoms with Crippen LogP contribution in [0.25, 0.3) is 0 Å². The molecule has 0 atom stereocenters. The van der Waals surface area contributed by atoms with Crippen LogP contribution in [0.3, 0.4) is 0 Å². The van der Waals surface area contributed by atoms with Gasteiger partial charge in [0.25, 0.3) is 0 Å². The molecule has 0 saturated heterocycles. The summed E-state index contributed by atoms with van der Waals surface area (Å²) >= 11 is 1.35. The first kappa shape index (κ1) is 14.3. The molecule has 0 saturated carbocycles. The lowest BCUT2D eigenvalue weighted by molar-refractivity contribution is -0.116. The van der Waals surface area contributed by atoms with Crippen molar-refractivity contribution in [3.05, 3.63) is 29.3 Å². The van der Waals surface area contributed by atoms with Gasteiger partial charge in [-0.15, -0.1) is 10.2 Å². The molecule has 0 fully saturated rings. The Balaban J connectivity index is 1.68. The molecule has 1 aromatic heterocycles. The first-order chi connectivity index (χ1) is 9.65. The Labute approximate surface area is 121 Å². The molecule has 106 valence electrons. The first-order valence-electron chi connectivity index (χ1n) is 6.22. The minimum Gasteiger partial charge on any atom is -0.491 e. The smallest absolute Gasteiger partial charge is 0.226 e. The van der Waals surface area contributed by atoms with Crippen molar-refractivity contribution >= 4 is 28.1 Å². The predicted octanol–water partition coefficient (Wildman–Crippen LogP) is 2.23. The van der Waals surface area contributed by atoms with Crippen LogP contribution in [0.4, 0.5) is 10.8 Å². The lowest BCUT2D eigenvalue weighted by Crippen LogP contribution is -2.12. The van der Waals surface area contributed by atoms with E-state index < -0.39 is 0 Å². The molecule has 2 rings (SSSR count). The highest BCUT2D eigenvalue weighted by atomic mass is 32.1. The summed E-state index contributed by atoms with van der Waals surface area (Å²) < 4.78 is 5.51. The second-order valence-corrected chi connectivity index (χ2v) is 5.35. The number of nitrogens with zero attached hydrogens (tertiary/aromatic N) is 2. The van der Waals surface area contributed by atoms with E-state index in [2.05, 4.69) is 15.5 Å². The van der Waals surface area contributed by atoms with Gasteiger partial charge < -0.3 is 15.8 Å². The Hall–Kier alpha value is -2.15. The number of carbonyl (C=O) groups excluding carboxylic acids is 1. The number of ether oxygens (including phenoxy) is 1. The number of anilines is 2. The Bertz CT molecular complexity index is 585. The summed E-state index contributed by atoms with van der Waals surface area (Å²) in [6.45, 7) is 2.28. The van der Waals surface area contributed by atoms with E-state index in [9.17, 15) is 4.79 Å². The molecule has 0 spiro atoms. The molecule has 1 aromatic carbocycles. The Morgan fingerprint density at radius 2 is 2.20 bits per heavy atom. The lowest BCUT2D eigenvalue weighted by atomic mass is 10.3. The van der Waals surface area contributed by atoms with Gasteiger partial charge in [-0.3, -0.25) is 4.79 Å². The van der Waals surface area contributed by atoms with Crippen LogP contribution in [0.1, 0.15) is 17.8 Å². The topological polar surface area (TPSA) is 90.1 Å². The fraction of sp³-hybridized carbons (Fsp3) is 0.308. The maximum absolute atomic E-state index is 11.6. The maximum Gasteiger partial charge on any atom is 0.226 e. The number of carbonyl (C=O) groups is 1. The fourth-order valence-corrected chi connectivity index (χ4v) is 2.16. The molecular formula is C13H16N4O2S. The van der Waals surface area contributed by atoms with E-state index in [-0.39, 0.29) is 5.91 Å². The number of hydrogen-bond acceptors (Lipinski definition) is 6. The average molecular weight is 292 g/mol. The van der Waals surface area contributed by atoms with Gasteiger partial charge in [-0.1, -0.05) is 23.5 Å². The number of nitrogens with two attached hydrogens (primary N) is 1. The molecule has 3 N–H and O–H groups in total.